The van der Waals surface area contributed by atoms with Crippen LogP contribution in [0.2, 0.25) is 0 Å². The standard InChI is InChI=1S/C23H26BrNO/c1-15(2)19-10-5-6-11-20(19)22-14-25(16(3)4)13-21(23(22)26)17-8-7-9-18(24)12-17/h5-13,15-16,22H,14H2,1-4H3. The summed E-state index contributed by atoms with van der Waals surface area (Å²) in [5.41, 5.74) is 4.21. The van der Waals surface area contributed by atoms with E-state index in [1.165, 1.54) is 11.1 Å². The summed E-state index contributed by atoms with van der Waals surface area (Å²) in [5, 5.41) is 0. The van der Waals surface area contributed by atoms with Gasteiger partial charge in [-0.3, -0.25) is 4.79 Å². The van der Waals surface area contributed by atoms with Gasteiger partial charge in [-0.15, -0.1) is 0 Å². The first-order chi connectivity index (χ1) is 12.4. The van der Waals surface area contributed by atoms with E-state index in [-0.39, 0.29) is 11.7 Å². The van der Waals surface area contributed by atoms with Crippen LogP contribution in [0.1, 0.15) is 56.2 Å². The van der Waals surface area contributed by atoms with E-state index in [1.54, 1.807) is 0 Å². The van der Waals surface area contributed by atoms with Crippen LogP contribution in [-0.2, 0) is 4.79 Å². The molecule has 0 N–H and O–H groups in total. The fraction of sp³-hybridized carbons (Fsp3) is 0.348. The van der Waals surface area contributed by atoms with E-state index in [4.69, 9.17) is 0 Å². The van der Waals surface area contributed by atoms with E-state index >= 15 is 0 Å². The highest BCUT2D eigenvalue weighted by molar-refractivity contribution is 9.10. The molecule has 0 amide bonds. The van der Waals surface area contributed by atoms with E-state index in [0.29, 0.717) is 12.0 Å². The SMILES string of the molecule is CC(C)c1ccccc1C1CN(C(C)C)C=C(c2cccc(Br)c2)C1=O. The molecule has 0 aromatic heterocycles. The van der Waals surface area contributed by atoms with Crippen molar-refractivity contribution in [2.24, 2.45) is 0 Å². The molecule has 0 bridgehead atoms. The fourth-order valence-corrected chi connectivity index (χ4v) is 3.99. The first kappa shape index (κ1) is 18.9. The summed E-state index contributed by atoms with van der Waals surface area (Å²) < 4.78 is 0.990. The molecule has 3 heteroatoms. The van der Waals surface area contributed by atoms with Crippen LogP contribution in [0.15, 0.2) is 59.2 Å². The lowest BCUT2D eigenvalue weighted by Gasteiger charge is -2.36. The molecule has 0 spiro atoms. The van der Waals surface area contributed by atoms with Gasteiger partial charge in [0.1, 0.15) is 0 Å². The average Bonchev–Trinajstić information content (AvgIpc) is 2.61. The normalized spacial score (nSPS) is 17.8. The van der Waals surface area contributed by atoms with E-state index in [1.807, 2.05) is 36.5 Å². The summed E-state index contributed by atoms with van der Waals surface area (Å²) in [5.74, 6) is 0.481. The third kappa shape index (κ3) is 3.78. The van der Waals surface area contributed by atoms with Gasteiger partial charge in [0.2, 0.25) is 0 Å². The number of rotatable bonds is 4. The van der Waals surface area contributed by atoms with E-state index < -0.39 is 0 Å². The van der Waals surface area contributed by atoms with Crippen LogP contribution < -0.4 is 0 Å². The van der Waals surface area contributed by atoms with Gasteiger partial charge in [-0.25, -0.2) is 0 Å². The highest BCUT2D eigenvalue weighted by atomic mass is 79.9. The molecule has 0 fully saturated rings. The predicted octanol–water partition coefficient (Wildman–Crippen LogP) is 5.99. The Balaban J connectivity index is 2.09. The maximum Gasteiger partial charge on any atom is 0.174 e. The van der Waals surface area contributed by atoms with Gasteiger partial charge in [0.25, 0.3) is 0 Å². The number of benzene rings is 2. The van der Waals surface area contributed by atoms with Gasteiger partial charge < -0.3 is 4.90 Å². The van der Waals surface area contributed by atoms with E-state index in [2.05, 4.69) is 66.7 Å². The van der Waals surface area contributed by atoms with Gasteiger partial charge >= 0.3 is 0 Å². The van der Waals surface area contributed by atoms with Crippen molar-refractivity contribution in [1.82, 2.24) is 4.90 Å². The van der Waals surface area contributed by atoms with Gasteiger partial charge in [-0.1, -0.05) is 66.2 Å². The van der Waals surface area contributed by atoms with Crippen molar-refractivity contribution in [1.29, 1.82) is 0 Å². The summed E-state index contributed by atoms with van der Waals surface area (Å²) in [4.78, 5) is 15.8. The maximum atomic E-state index is 13.5. The van der Waals surface area contributed by atoms with Crippen molar-refractivity contribution < 1.29 is 4.79 Å². The Morgan fingerprint density at radius 1 is 1.04 bits per heavy atom. The Morgan fingerprint density at radius 2 is 1.77 bits per heavy atom. The van der Waals surface area contributed by atoms with E-state index in [0.717, 1.165) is 22.2 Å². The van der Waals surface area contributed by atoms with Crippen molar-refractivity contribution in [3.05, 3.63) is 75.9 Å². The van der Waals surface area contributed by atoms with Gasteiger partial charge in [-0.05, 0) is 48.6 Å². The number of carbonyl (C=O) groups is 1. The predicted molar refractivity (Wildman–Crippen MR) is 112 cm³/mol. The smallest absolute Gasteiger partial charge is 0.174 e. The monoisotopic (exact) mass is 411 g/mol. The van der Waals surface area contributed by atoms with Crippen LogP contribution in [-0.4, -0.2) is 23.3 Å². The number of ketones is 1. The number of Topliss-reactive ketones (excluding diaryl/α,β-unsaturated/α-hetero) is 1. The molecule has 1 unspecified atom stereocenters. The van der Waals surface area contributed by atoms with Crippen LogP contribution in [0.25, 0.3) is 5.57 Å². The number of carbonyl (C=O) groups excluding carboxylic acids is 1. The van der Waals surface area contributed by atoms with Crippen LogP contribution in [0, 0.1) is 0 Å². The minimum Gasteiger partial charge on any atom is -0.373 e. The Hall–Kier alpha value is -1.87. The fourth-order valence-electron chi connectivity index (χ4n) is 3.59. The molecule has 0 aliphatic carbocycles. The average molecular weight is 412 g/mol. The van der Waals surface area contributed by atoms with Crippen LogP contribution in [0.5, 0.6) is 0 Å². The molecule has 1 heterocycles. The van der Waals surface area contributed by atoms with Crippen molar-refractivity contribution in [3.8, 4) is 0 Å². The van der Waals surface area contributed by atoms with Crippen molar-refractivity contribution in [2.75, 3.05) is 6.54 Å². The molecule has 0 saturated heterocycles. The van der Waals surface area contributed by atoms with Crippen LogP contribution in [0.4, 0.5) is 0 Å². The molecule has 136 valence electrons. The zero-order valence-corrected chi connectivity index (χ0v) is 17.5. The Kier molecular flexibility index (Phi) is 5.67. The highest BCUT2D eigenvalue weighted by Crippen LogP contribution is 2.36. The topological polar surface area (TPSA) is 20.3 Å². The Bertz CT molecular complexity index is 838. The number of nitrogens with zero attached hydrogens (tertiary/aromatic N) is 1. The number of hydrogen-bond acceptors (Lipinski definition) is 2. The summed E-state index contributed by atoms with van der Waals surface area (Å²) in [7, 11) is 0. The summed E-state index contributed by atoms with van der Waals surface area (Å²) in [6.07, 6.45) is 2.04. The maximum absolute atomic E-state index is 13.5. The second kappa shape index (κ2) is 7.79. The second-order valence-electron chi connectivity index (χ2n) is 7.54. The lowest BCUT2D eigenvalue weighted by atomic mass is 9.81. The van der Waals surface area contributed by atoms with E-state index in [9.17, 15) is 4.79 Å². The molecule has 3 rings (SSSR count). The van der Waals surface area contributed by atoms with Crippen molar-refractivity contribution in [2.45, 2.75) is 45.6 Å². The lowest BCUT2D eigenvalue weighted by molar-refractivity contribution is -0.116. The van der Waals surface area contributed by atoms with Crippen LogP contribution >= 0.6 is 15.9 Å². The zero-order chi connectivity index (χ0) is 18.8. The summed E-state index contributed by atoms with van der Waals surface area (Å²) in [6, 6.07) is 16.8. The molecule has 1 aliphatic heterocycles. The Morgan fingerprint density at radius 3 is 2.42 bits per heavy atom. The largest absolute Gasteiger partial charge is 0.373 e. The number of allylic oxidation sites excluding steroid dienone is 1. The third-order valence-corrected chi connectivity index (χ3v) is 5.56. The first-order valence-corrected chi connectivity index (χ1v) is 10.0. The first-order valence-electron chi connectivity index (χ1n) is 9.25. The molecule has 1 aliphatic rings. The van der Waals surface area contributed by atoms with Gasteiger partial charge in [0.05, 0.1) is 5.92 Å². The molecule has 1 atom stereocenters. The second-order valence-corrected chi connectivity index (χ2v) is 8.46. The number of halogens is 1. The molecule has 2 nitrogen and oxygen atoms in total. The highest BCUT2D eigenvalue weighted by Gasteiger charge is 2.33. The summed E-state index contributed by atoms with van der Waals surface area (Å²) >= 11 is 3.53. The number of hydrogen-bond donors (Lipinski definition) is 0. The van der Waals surface area contributed by atoms with Gasteiger partial charge in [-0.2, -0.15) is 0 Å². The van der Waals surface area contributed by atoms with Crippen LogP contribution in [0.3, 0.4) is 0 Å². The molecule has 0 radical (unpaired) electrons. The van der Waals surface area contributed by atoms with Crippen molar-refractivity contribution in [3.63, 3.8) is 0 Å². The van der Waals surface area contributed by atoms with Gasteiger partial charge in [0, 0.05) is 28.8 Å². The summed E-state index contributed by atoms with van der Waals surface area (Å²) in [6.45, 7) is 9.47. The molecule has 0 saturated carbocycles. The molecular formula is C23H26BrNO. The zero-order valence-electron chi connectivity index (χ0n) is 15.9. The Labute approximate surface area is 165 Å². The molecule has 2 aromatic carbocycles. The lowest BCUT2D eigenvalue weighted by Crippen LogP contribution is -2.38. The quantitative estimate of drug-likeness (QED) is 0.615. The minimum absolute atomic E-state index is 0.130. The molecular weight excluding hydrogens is 386 g/mol. The molecule has 2 aromatic rings. The van der Waals surface area contributed by atoms with Gasteiger partial charge in [0.15, 0.2) is 5.78 Å². The minimum atomic E-state index is -0.130. The molecule has 26 heavy (non-hydrogen) atoms. The van der Waals surface area contributed by atoms with Crippen molar-refractivity contribution >= 4 is 27.3 Å². The third-order valence-electron chi connectivity index (χ3n) is 5.06.